The molecule has 6 nitrogen and oxygen atoms in total. The summed E-state index contributed by atoms with van der Waals surface area (Å²) in [6.45, 7) is 5.31. The number of rotatable bonds is 9. The van der Waals surface area contributed by atoms with E-state index in [2.05, 4.69) is 15.6 Å². The van der Waals surface area contributed by atoms with Crippen LogP contribution in [0, 0.1) is 5.92 Å². The molecule has 1 amide bonds. The molecule has 0 aliphatic heterocycles. The lowest BCUT2D eigenvalue weighted by Gasteiger charge is -2.07. The number of aryl methyl sites for hydroxylation is 1. The summed E-state index contributed by atoms with van der Waals surface area (Å²) in [5.41, 5.74) is 0.768. The van der Waals surface area contributed by atoms with E-state index in [9.17, 15) is 9.59 Å². The number of carboxylic acids is 1. The minimum Gasteiger partial charge on any atom is -0.481 e. The maximum Gasteiger partial charge on any atom is 0.303 e. The Labute approximate surface area is 122 Å². The van der Waals surface area contributed by atoms with Crippen LogP contribution in [0.15, 0.2) is 5.38 Å². The third-order valence-electron chi connectivity index (χ3n) is 2.48. The van der Waals surface area contributed by atoms with Crippen LogP contribution >= 0.6 is 11.3 Å². The molecular formula is C13H21N3O3S. The lowest BCUT2D eigenvalue weighted by atomic mass is 10.2. The fourth-order valence-electron chi connectivity index (χ4n) is 1.43. The molecule has 0 bridgehead atoms. The van der Waals surface area contributed by atoms with E-state index in [-0.39, 0.29) is 12.3 Å². The summed E-state index contributed by atoms with van der Waals surface area (Å²) < 4.78 is 0. The van der Waals surface area contributed by atoms with Crippen LogP contribution in [0.2, 0.25) is 0 Å². The molecule has 0 saturated heterocycles. The van der Waals surface area contributed by atoms with E-state index in [0.29, 0.717) is 31.8 Å². The van der Waals surface area contributed by atoms with Gasteiger partial charge in [0.2, 0.25) is 5.91 Å². The minimum atomic E-state index is -0.825. The van der Waals surface area contributed by atoms with Crippen LogP contribution in [0.4, 0.5) is 5.13 Å². The second-order valence-electron chi connectivity index (χ2n) is 4.91. The molecule has 0 aromatic carbocycles. The molecule has 0 radical (unpaired) electrons. The monoisotopic (exact) mass is 299 g/mol. The van der Waals surface area contributed by atoms with Crippen molar-refractivity contribution in [3.8, 4) is 0 Å². The van der Waals surface area contributed by atoms with Crippen molar-refractivity contribution in [3.05, 3.63) is 11.1 Å². The molecule has 1 aromatic heterocycles. The first-order valence-electron chi connectivity index (χ1n) is 6.64. The number of thiazole rings is 1. The molecule has 1 rings (SSSR count). The van der Waals surface area contributed by atoms with Crippen LogP contribution in [0.3, 0.4) is 0 Å². The second kappa shape index (κ2) is 8.52. The Hall–Kier alpha value is -1.63. The van der Waals surface area contributed by atoms with Crippen molar-refractivity contribution < 1.29 is 14.7 Å². The number of nitrogens with zero attached hydrogens (tertiary/aromatic N) is 1. The Bertz CT molecular complexity index is 446. The van der Waals surface area contributed by atoms with E-state index in [1.54, 1.807) is 0 Å². The SMILES string of the molecule is CC(C)CNC(=O)CCNc1nc(CCC(=O)O)cs1. The van der Waals surface area contributed by atoms with Crippen molar-refractivity contribution in [1.29, 1.82) is 0 Å². The number of hydrogen-bond acceptors (Lipinski definition) is 5. The largest absolute Gasteiger partial charge is 0.481 e. The van der Waals surface area contributed by atoms with Gasteiger partial charge in [0.05, 0.1) is 12.1 Å². The zero-order valence-electron chi connectivity index (χ0n) is 11.8. The maximum absolute atomic E-state index is 11.5. The van der Waals surface area contributed by atoms with Crippen molar-refractivity contribution in [2.45, 2.75) is 33.1 Å². The van der Waals surface area contributed by atoms with Crippen LogP contribution in [0.25, 0.3) is 0 Å². The maximum atomic E-state index is 11.5. The number of nitrogens with one attached hydrogen (secondary N) is 2. The smallest absolute Gasteiger partial charge is 0.303 e. The van der Waals surface area contributed by atoms with Crippen molar-refractivity contribution in [2.24, 2.45) is 5.92 Å². The highest BCUT2D eigenvalue weighted by Gasteiger charge is 2.06. The lowest BCUT2D eigenvalue weighted by Crippen LogP contribution is -2.28. The predicted molar refractivity (Wildman–Crippen MR) is 79.0 cm³/mol. The molecule has 7 heteroatoms. The molecule has 3 N–H and O–H groups in total. The normalized spacial score (nSPS) is 10.6. The van der Waals surface area contributed by atoms with Crippen LogP contribution in [0.1, 0.15) is 32.4 Å². The van der Waals surface area contributed by atoms with Gasteiger partial charge in [0.1, 0.15) is 0 Å². The van der Waals surface area contributed by atoms with Gasteiger partial charge in [-0.25, -0.2) is 4.98 Å². The molecule has 112 valence electrons. The highest BCUT2D eigenvalue weighted by atomic mass is 32.1. The van der Waals surface area contributed by atoms with E-state index < -0.39 is 5.97 Å². The fraction of sp³-hybridized carbons (Fsp3) is 0.615. The van der Waals surface area contributed by atoms with E-state index in [0.717, 1.165) is 10.8 Å². The van der Waals surface area contributed by atoms with Gasteiger partial charge in [-0.1, -0.05) is 13.8 Å². The van der Waals surface area contributed by atoms with Gasteiger partial charge in [-0.3, -0.25) is 9.59 Å². The van der Waals surface area contributed by atoms with Gasteiger partial charge in [-0.2, -0.15) is 0 Å². The highest BCUT2D eigenvalue weighted by Crippen LogP contribution is 2.16. The van der Waals surface area contributed by atoms with Crippen molar-refractivity contribution in [2.75, 3.05) is 18.4 Å². The molecule has 0 aliphatic carbocycles. The van der Waals surface area contributed by atoms with Gasteiger partial charge in [0.25, 0.3) is 0 Å². The zero-order chi connectivity index (χ0) is 15.0. The Morgan fingerprint density at radius 1 is 1.40 bits per heavy atom. The Morgan fingerprint density at radius 3 is 2.80 bits per heavy atom. The Morgan fingerprint density at radius 2 is 2.15 bits per heavy atom. The first kappa shape index (κ1) is 16.4. The van der Waals surface area contributed by atoms with Crippen LogP contribution in [0.5, 0.6) is 0 Å². The van der Waals surface area contributed by atoms with Crippen molar-refractivity contribution >= 4 is 28.3 Å². The summed E-state index contributed by atoms with van der Waals surface area (Å²) in [5, 5.41) is 17.1. The van der Waals surface area contributed by atoms with Gasteiger partial charge >= 0.3 is 5.97 Å². The molecule has 0 unspecified atom stereocenters. The average Bonchev–Trinajstić information content (AvgIpc) is 2.82. The summed E-state index contributed by atoms with van der Waals surface area (Å²) >= 11 is 1.42. The van der Waals surface area contributed by atoms with Gasteiger partial charge < -0.3 is 15.7 Å². The number of aromatic nitrogens is 1. The first-order chi connectivity index (χ1) is 9.47. The summed E-state index contributed by atoms with van der Waals surface area (Å²) in [6.07, 6.45) is 0.917. The number of aliphatic carboxylic acids is 1. The van der Waals surface area contributed by atoms with Crippen LogP contribution in [-0.2, 0) is 16.0 Å². The van der Waals surface area contributed by atoms with E-state index in [4.69, 9.17) is 5.11 Å². The number of carbonyl (C=O) groups is 2. The quantitative estimate of drug-likeness (QED) is 0.646. The van der Waals surface area contributed by atoms with E-state index in [1.807, 2.05) is 19.2 Å². The number of amides is 1. The first-order valence-corrected chi connectivity index (χ1v) is 7.52. The third kappa shape index (κ3) is 7.08. The summed E-state index contributed by atoms with van der Waals surface area (Å²) in [4.78, 5) is 26.2. The van der Waals surface area contributed by atoms with Crippen LogP contribution < -0.4 is 10.6 Å². The fourth-order valence-corrected chi connectivity index (χ4v) is 2.20. The minimum absolute atomic E-state index is 0.0221. The van der Waals surface area contributed by atoms with Crippen molar-refractivity contribution in [3.63, 3.8) is 0 Å². The zero-order valence-corrected chi connectivity index (χ0v) is 12.6. The summed E-state index contributed by atoms with van der Waals surface area (Å²) in [5.74, 6) is -0.356. The topological polar surface area (TPSA) is 91.3 Å². The van der Waals surface area contributed by atoms with Gasteiger partial charge in [0.15, 0.2) is 5.13 Å². The molecule has 0 fully saturated rings. The summed E-state index contributed by atoms with van der Waals surface area (Å²) in [6, 6.07) is 0. The Balaban J connectivity index is 2.22. The van der Waals surface area contributed by atoms with Gasteiger partial charge in [-0.15, -0.1) is 11.3 Å². The molecule has 0 atom stereocenters. The second-order valence-corrected chi connectivity index (χ2v) is 5.77. The highest BCUT2D eigenvalue weighted by molar-refractivity contribution is 7.13. The molecular weight excluding hydrogens is 278 g/mol. The molecule has 0 aliphatic rings. The Kier molecular flexibility index (Phi) is 7.00. The van der Waals surface area contributed by atoms with Crippen molar-refractivity contribution in [1.82, 2.24) is 10.3 Å². The number of anilines is 1. The number of hydrogen-bond donors (Lipinski definition) is 3. The number of carbonyl (C=O) groups excluding carboxylic acids is 1. The number of carboxylic acid groups (broad SMARTS) is 1. The molecule has 0 saturated carbocycles. The van der Waals surface area contributed by atoms with E-state index in [1.165, 1.54) is 11.3 Å². The van der Waals surface area contributed by atoms with Gasteiger partial charge in [0, 0.05) is 31.3 Å². The average molecular weight is 299 g/mol. The summed E-state index contributed by atoms with van der Waals surface area (Å²) in [7, 11) is 0. The van der Waals surface area contributed by atoms with E-state index >= 15 is 0 Å². The predicted octanol–water partition coefficient (Wildman–Crippen LogP) is 1.73. The molecule has 0 spiro atoms. The molecule has 1 aromatic rings. The molecule has 20 heavy (non-hydrogen) atoms. The lowest BCUT2D eigenvalue weighted by molar-refractivity contribution is -0.137. The van der Waals surface area contributed by atoms with Gasteiger partial charge in [-0.05, 0) is 5.92 Å². The molecule has 1 heterocycles. The third-order valence-corrected chi connectivity index (χ3v) is 3.33. The standard InChI is InChI=1S/C13H21N3O3S/c1-9(2)7-15-11(17)5-6-14-13-16-10(8-20-13)3-4-12(18)19/h8-9H,3-7H2,1-2H3,(H,14,16)(H,15,17)(H,18,19). The van der Waals surface area contributed by atoms with Crippen LogP contribution in [-0.4, -0.2) is 35.1 Å².